The number of nitrogens with zero attached hydrogens (tertiary/aromatic N) is 2. The minimum absolute atomic E-state index is 0.512. The van der Waals surface area contributed by atoms with E-state index in [4.69, 9.17) is 5.73 Å². The monoisotopic (exact) mass is 235 g/mol. The van der Waals surface area contributed by atoms with Crippen molar-refractivity contribution in [3.63, 3.8) is 0 Å². The van der Waals surface area contributed by atoms with Crippen molar-refractivity contribution in [2.75, 3.05) is 11.4 Å². The normalized spacial score (nSPS) is 12.5. The second kappa shape index (κ2) is 7.28. The maximum absolute atomic E-state index is 5.57. The van der Waals surface area contributed by atoms with Gasteiger partial charge in [0.05, 0.1) is 17.6 Å². The molecule has 0 fully saturated rings. The molecule has 1 aromatic heterocycles. The van der Waals surface area contributed by atoms with Crippen LogP contribution in [0.2, 0.25) is 0 Å². The maximum atomic E-state index is 5.57. The Labute approximate surface area is 105 Å². The van der Waals surface area contributed by atoms with Gasteiger partial charge in [-0.15, -0.1) is 0 Å². The zero-order valence-electron chi connectivity index (χ0n) is 11.3. The van der Waals surface area contributed by atoms with E-state index < -0.39 is 0 Å². The van der Waals surface area contributed by atoms with Crippen LogP contribution in [0.25, 0.3) is 0 Å². The molecule has 1 unspecified atom stereocenters. The lowest BCUT2D eigenvalue weighted by atomic mass is 10.1. The fraction of sp³-hybridized carbons (Fsp3) is 0.643. The van der Waals surface area contributed by atoms with Gasteiger partial charge in [0.1, 0.15) is 0 Å². The molecule has 96 valence electrons. The third-order valence-corrected chi connectivity index (χ3v) is 3.23. The Kier molecular flexibility index (Phi) is 5.98. The molecule has 0 amide bonds. The van der Waals surface area contributed by atoms with Gasteiger partial charge in [-0.25, -0.2) is 0 Å². The summed E-state index contributed by atoms with van der Waals surface area (Å²) < 4.78 is 0. The number of unbranched alkanes of at least 4 members (excludes halogenated alkanes) is 1. The molecule has 0 aliphatic carbocycles. The van der Waals surface area contributed by atoms with E-state index in [2.05, 4.69) is 36.7 Å². The van der Waals surface area contributed by atoms with E-state index in [0.29, 0.717) is 12.6 Å². The summed E-state index contributed by atoms with van der Waals surface area (Å²) in [6.07, 6.45) is 5.55. The molecule has 1 atom stereocenters. The molecule has 0 radical (unpaired) electrons. The molecule has 0 saturated heterocycles. The molecule has 0 bridgehead atoms. The first-order chi connectivity index (χ1) is 8.22. The van der Waals surface area contributed by atoms with Crippen molar-refractivity contribution in [1.29, 1.82) is 0 Å². The Hall–Kier alpha value is -1.09. The molecule has 0 aliphatic rings. The van der Waals surface area contributed by atoms with Crippen LogP contribution < -0.4 is 10.6 Å². The molecule has 3 heteroatoms. The number of hydrogen-bond donors (Lipinski definition) is 1. The topological polar surface area (TPSA) is 42.1 Å². The van der Waals surface area contributed by atoms with Gasteiger partial charge in [-0.2, -0.15) is 0 Å². The van der Waals surface area contributed by atoms with Crippen LogP contribution in [0.4, 0.5) is 5.69 Å². The maximum Gasteiger partial charge on any atom is 0.0555 e. The summed E-state index contributed by atoms with van der Waals surface area (Å²) >= 11 is 0. The van der Waals surface area contributed by atoms with E-state index in [1.165, 1.54) is 18.5 Å². The standard InChI is InChI=1S/C14H25N3/c1-4-6-9-17(12(3)5-2)14-8-7-13(10-15)16-11-14/h7-8,11-12H,4-6,9-10,15H2,1-3H3. The minimum Gasteiger partial charge on any atom is -0.368 e. The van der Waals surface area contributed by atoms with Crippen LogP contribution in [0.5, 0.6) is 0 Å². The first-order valence-corrected chi connectivity index (χ1v) is 6.64. The lowest BCUT2D eigenvalue weighted by Crippen LogP contribution is -2.33. The van der Waals surface area contributed by atoms with Crippen molar-refractivity contribution < 1.29 is 0 Å². The Balaban J connectivity index is 2.79. The average Bonchev–Trinajstić information content (AvgIpc) is 2.39. The average molecular weight is 235 g/mol. The Morgan fingerprint density at radius 2 is 2.12 bits per heavy atom. The molecule has 1 rings (SSSR count). The second-order valence-corrected chi connectivity index (χ2v) is 4.52. The molecule has 3 nitrogen and oxygen atoms in total. The highest BCUT2D eigenvalue weighted by atomic mass is 15.2. The van der Waals surface area contributed by atoms with E-state index in [1.807, 2.05) is 12.3 Å². The molecular formula is C14H25N3. The molecule has 0 aliphatic heterocycles. The van der Waals surface area contributed by atoms with E-state index in [0.717, 1.165) is 18.7 Å². The van der Waals surface area contributed by atoms with Gasteiger partial charge in [0.2, 0.25) is 0 Å². The summed E-state index contributed by atoms with van der Waals surface area (Å²) in [6, 6.07) is 4.72. The summed E-state index contributed by atoms with van der Waals surface area (Å²) in [5, 5.41) is 0. The molecule has 0 spiro atoms. The Morgan fingerprint density at radius 1 is 1.35 bits per heavy atom. The summed E-state index contributed by atoms with van der Waals surface area (Å²) in [7, 11) is 0. The number of aromatic nitrogens is 1. The molecule has 1 aromatic rings. The van der Waals surface area contributed by atoms with Gasteiger partial charge < -0.3 is 10.6 Å². The van der Waals surface area contributed by atoms with Crippen LogP contribution in [0.3, 0.4) is 0 Å². The van der Waals surface area contributed by atoms with Gasteiger partial charge in [-0.3, -0.25) is 4.98 Å². The zero-order chi connectivity index (χ0) is 12.7. The molecule has 1 heterocycles. The highest BCUT2D eigenvalue weighted by molar-refractivity contribution is 5.45. The third-order valence-electron chi connectivity index (χ3n) is 3.23. The number of hydrogen-bond acceptors (Lipinski definition) is 3. The lowest BCUT2D eigenvalue weighted by molar-refractivity contribution is 0.595. The SMILES string of the molecule is CCCCN(c1ccc(CN)nc1)C(C)CC. The highest BCUT2D eigenvalue weighted by Gasteiger charge is 2.12. The predicted molar refractivity (Wildman–Crippen MR) is 74.1 cm³/mol. The van der Waals surface area contributed by atoms with Crippen molar-refractivity contribution in [2.45, 2.75) is 52.6 Å². The number of nitrogens with two attached hydrogens (primary N) is 1. The predicted octanol–water partition coefficient (Wildman–Crippen LogP) is 2.95. The summed E-state index contributed by atoms with van der Waals surface area (Å²) in [5.41, 5.74) is 7.73. The van der Waals surface area contributed by atoms with Crippen molar-refractivity contribution in [2.24, 2.45) is 5.73 Å². The van der Waals surface area contributed by atoms with Crippen LogP contribution in [0, 0.1) is 0 Å². The number of rotatable bonds is 7. The second-order valence-electron chi connectivity index (χ2n) is 4.52. The summed E-state index contributed by atoms with van der Waals surface area (Å²) in [6.45, 7) is 8.34. The molecule has 2 N–H and O–H groups in total. The van der Waals surface area contributed by atoms with Crippen LogP contribution in [0.1, 0.15) is 45.7 Å². The van der Waals surface area contributed by atoms with Crippen molar-refractivity contribution >= 4 is 5.69 Å². The first-order valence-electron chi connectivity index (χ1n) is 6.64. The van der Waals surface area contributed by atoms with Crippen LogP contribution >= 0.6 is 0 Å². The Bertz CT molecular complexity index is 308. The van der Waals surface area contributed by atoms with E-state index in [1.54, 1.807) is 0 Å². The van der Waals surface area contributed by atoms with Gasteiger partial charge in [-0.1, -0.05) is 20.3 Å². The fourth-order valence-corrected chi connectivity index (χ4v) is 1.86. The Morgan fingerprint density at radius 3 is 2.59 bits per heavy atom. The van der Waals surface area contributed by atoms with Gasteiger partial charge in [0.15, 0.2) is 0 Å². The van der Waals surface area contributed by atoms with Crippen molar-refractivity contribution in [3.05, 3.63) is 24.0 Å². The van der Waals surface area contributed by atoms with E-state index in [9.17, 15) is 0 Å². The molecule has 17 heavy (non-hydrogen) atoms. The quantitative estimate of drug-likeness (QED) is 0.790. The van der Waals surface area contributed by atoms with Crippen LogP contribution in [-0.2, 0) is 6.54 Å². The fourth-order valence-electron chi connectivity index (χ4n) is 1.86. The van der Waals surface area contributed by atoms with Crippen molar-refractivity contribution in [3.8, 4) is 0 Å². The molecule has 0 saturated carbocycles. The van der Waals surface area contributed by atoms with E-state index >= 15 is 0 Å². The smallest absolute Gasteiger partial charge is 0.0555 e. The zero-order valence-corrected chi connectivity index (χ0v) is 11.3. The van der Waals surface area contributed by atoms with Gasteiger partial charge >= 0.3 is 0 Å². The highest BCUT2D eigenvalue weighted by Crippen LogP contribution is 2.18. The first kappa shape index (κ1) is 14.0. The minimum atomic E-state index is 0.512. The van der Waals surface area contributed by atoms with Gasteiger partial charge in [0.25, 0.3) is 0 Å². The third kappa shape index (κ3) is 4.00. The number of pyridine rings is 1. The largest absolute Gasteiger partial charge is 0.368 e. The summed E-state index contributed by atoms with van der Waals surface area (Å²) in [4.78, 5) is 6.82. The number of anilines is 1. The van der Waals surface area contributed by atoms with Gasteiger partial charge in [-0.05, 0) is 31.9 Å². The summed E-state index contributed by atoms with van der Waals surface area (Å²) in [5.74, 6) is 0. The van der Waals surface area contributed by atoms with Gasteiger partial charge in [0, 0.05) is 19.1 Å². The molecule has 0 aromatic carbocycles. The van der Waals surface area contributed by atoms with Crippen LogP contribution in [-0.4, -0.2) is 17.6 Å². The van der Waals surface area contributed by atoms with Crippen molar-refractivity contribution in [1.82, 2.24) is 4.98 Å². The lowest BCUT2D eigenvalue weighted by Gasteiger charge is -2.30. The van der Waals surface area contributed by atoms with E-state index in [-0.39, 0.29) is 0 Å². The molecular weight excluding hydrogens is 210 g/mol. The van der Waals surface area contributed by atoms with Crippen LogP contribution in [0.15, 0.2) is 18.3 Å².